The highest BCUT2D eigenvalue weighted by Gasteiger charge is 2.07. The Labute approximate surface area is 99.2 Å². The smallest absolute Gasteiger partial charge is 0.240 e. The van der Waals surface area contributed by atoms with Gasteiger partial charge in [0.1, 0.15) is 11.4 Å². The summed E-state index contributed by atoms with van der Waals surface area (Å²) in [6.07, 6.45) is 1.53. The molecule has 0 aliphatic heterocycles. The van der Waals surface area contributed by atoms with E-state index in [-0.39, 0.29) is 0 Å². The van der Waals surface area contributed by atoms with E-state index in [2.05, 4.69) is 9.97 Å². The molecule has 0 spiro atoms. The molecule has 0 bridgehead atoms. The molecule has 17 heavy (non-hydrogen) atoms. The van der Waals surface area contributed by atoms with Gasteiger partial charge in [0.05, 0.1) is 20.4 Å². The van der Waals surface area contributed by atoms with Gasteiger partial charge in [0.25, 0.3) is 0 Å². The molecule has 0 fully saturated rings. The van der Waals surface area contributed by atoms with Crippen LogP contribution < -0.4 is 15.2 Å². The van der Waals surface area contributed by atoms with Crippen LogP contribution in [0.5, 0.6) is 11.6 Å². The van der Waals surface area contributed by atoms with E-state index < -0.39 is 0 Å². The van der Waals surface area contributed by atoms with Crippen molar-refractivity contribution in [2.45, 2.75) is 0 Å². The summed E-state index contributed by atoms with van der Waals surface area (Å²) < 4.78 is 10.2. The quantitative estimate of drug-likeness (QED) is 0.871. The lowest BCUT2D eigenvalue weighted by molar-refractivity contribution is 0.400. The number of benzene rings is 1. The number of hydrogen-bond acceptors (Lipinski definition) is 5. The van der Waals surface area contributed by atoms with Crippen molar-refractivity contribution in [3.05, 3.63) is 30.5 Å². The van der Waals surface area contributed by atoms with Crippen LogP contribution in [0.3, 0.4) is 0 Å². The Bertz CT molecular complexity index is 529. The maximum absolute atomic E-state index is 5.66. The van der Waals surface area contributed by atoms with Gasteiger partial charge < -0.3 is 15.2 Å². The molecule has 0 radical (unpaired) electrons. The average Bonchev–Trinajstić information content (AvgIpc) is 2.39. The van der Waals surface area contributed by atoms with E-state index in [1.165, 1.54) is 13.3 Å². The van der Waals surface area contributed by atoms with Crippen LogP contribution in [0.25, 0.3) is 11.4 Å². The van der Waals surface area contributed by atoms with Crippen molar-refractivity contribution in [2.24, 2.45) is 0 Å². The summed E-state index contributed by atoms with van der Waals surface area (Å²) in [6, 6.07) is 7.48. The number of methoxy groups -OCH3 is 2. The standard InChI is InChI=1S/C12H13N3O2/c1-16-9-5-3-4-8(6-9)11-14-7-10(13)12(15-11)17-2/h3-7H,13H2,1-2H3. The van der Waals surface area contributed by atoms with Crippen LogP contribution in [-0.4, -0.2) is 24.2 Å². The molecule has 0 amide bonds. The minimum atomic E-state index is 0.373. The maximum Gasteiger partial charge on any atom is 0.240 e. The van der Waals surface area contributed by atoms with Crippen molar-refractivity contribution >= 4 is 5.69 Å². The zero-order valence-corrected chi connectivity index (χ0v) is 9.68. The van der Waals surface area contributed by atoms with Gasteiger partial charge in [0, 0.05) is 5.56 Å². The highest BCUT2D eigenvalue weighted by atomic mass is 16.5. The first-order valence-electron chi connectivity index (χ1n) is 5.05. The van der Waals surface area contributed by atoms with E-state index in [4.69, 9.17) is 15.2 Å². The molecule has 0 saturated heterocycles. The fourth-order valence-electron chi connectivity index (χ4n) is 1.44. The van der Waals surface area contributed by atoms with Crippen LogP contribution in [0.1, 0.15) is 0 Å². The van der Waals surface area contributed by atoms with Crippen LogP contribution in [0.2, 0.25) is 0 Å². The van der Waals surface area contributed by atoms with Crippen LogP contribution in [0.15, 0.2) is 30.5 Å². The lowest BCUT2D eigenvalue weighted by Crippen LogP contribution is -1.99. The summed E-state index contributed by atoms with van der Waals surface area (Å²) in [5.41, 5.74) is 6.92. The minimum Gasteiger partial charge on any atom is -0.497 e. The number of rotatable bonds is 3. The van der Waals surface area contributed by atoms with Crippen LogP contribution in [0, 0.1) is 0 Å². The largest absolute Gasteiger partial charge is 0.497 e. The normalized spacial score (nSPS) is 10.0. The summed E-state index contributed by atoms with van der Waals surface area (Å²) in [5.74, 6) is 1.68. The van der Waals surface area contributed by atoms with Gasteiger partial charge in [-0.25, -0.2) is 4.98 Å². The number of nitrogen functional groups attached to an aromatic ring is 1. The summed E-state index contributed by atoms with van der Waals surface area (Å²) in [7, 11) is 3.14. The highest BCUT2D eigenvalue weighted by Crippen LogP contribution is 2.24. The minimum absolute atomic E-state index is 0.373. The third kappa shape index (κ3) is 2.28. The van der Waals surface area contributed by atoms with Crippen LogP contribution in [0.4, 0.5) is 5.69 Å². The fraction of sp³-hybridized carbons (Fsp3) is 0.167. The van der Waals surface area contributed by atoms with Gasteiger partial charge in [-0.05, 0) is 12.1 Å². The number of nitrogens with two attached hydrogens (primary N) is 1. The first-order chi connectivity index (χ1) is 8.24. The first-order valence-corrected chi connectivity index (χ1v) is 5.05. The van der Waals surface area contributed by atoms with E-state index in [0.29, 0.717) is 17.4 Å². The Morgan fingerprint density at radius 1 is 1.18 bits per heavy atom. The Morgan fingerprint density at radius 3 is 2.71 bits per heavy atom. The topological polar surface area (TPSA) is 70.3 Å². The molecule has 2 N–H and O–H groups in total. The predicted molar refractivity (Wildman–Crippen MR) is 65.0 cm³/mol. The SMILES string of the molecule is COc1cccc(-c2ncc(N)c(OC)n2)c1. The van der Waals surface area contributed by atoms with Crippen LogP contribution >= 0.6 is 0 Å². The van der Waals surface area contributed by atoms with E-state index in [0.717, 1.165) is 11.3 Å². The van der Waals surface area contributed by atoms with Crippen molar-refractivity contribution in [2.75, 3.05) is 20.0 Å². The second kappa shape index (κ2) is 4.69. The summed E-state index contributed by atoms with van der Waals surface area (Å²) in [6.45, 7) is 0. The van der Waals surface area contributed by atoms with Crippen molar-refractivity contribution in [1.29, 1.82) is 0 Å². The number of hydrogen-bond donors (Lipinski definition) is 1. The number of ether oxygens (including phenoxy) is 2. The maximum atomic E-state index is 5.66. The monoisotopic (exact) mass is 231 g/mol. The molecule has 0 aliphatic carbocycles. The van der Waals surface area contributed by atoms with Gasteiger partial charge in [-0.15, -0.1) is 0 Å². The summed E-state index contributed by atoms with van der Waals surface area (Å²) in [4.78, 5) is 8.38. The Morgan fingerprint density at radius 2 is 2.00 bits per heavy atom. The van der Waals surface area contributed by atoms with Gasteiger partial charge in [-0.3, -0.25) is 0 Å². The van der Waals surface area contributed by atoms with E-state index in [1.54, 1.807) is 7.11 Å². The zero-order valence-electron chi connectivity index (χ0n) is 9.68. The second-order valence-corrected chi connectivity index (χ2v) is 3.39. The lowest BCUT2D eigenvalue weighted by atomic mass is 10.2. The van der Waals surface area contributed by atoms with Gasteiger partial charge in [0.2, 0.25) is 5.88 Å². The molecule has 0 atom stereocenters. The van der Waals surface area contributed by atoms with Gasteiger partial charge in [-0.2, -0.15) is 4.98 Å². The molecule has 1 aromatic heterocycles. The van der Waals surface area contributed by atoms with E-state index in [1.807, 2.05) is 24.3 Å². The molecular weight excluding hydrogens is 218 g/mol. The van der Waals surface area contributed by atoms with Crippen molar-refractivity contribution in [3.8, 4) is 23.0 Å². The fourth-order valence-corrected chi connectivity index (χ4v) is 1.44. The Hall–Kier alpha value is -2.30. The average molecular weight is 231 g/mol. The molecular formula is C12H13N3O2. The molecule has 0 aliphatic rings. The Balaban J connectivity index is 2.45. The molecule has 2 rings (SSSR count). The molecule has 0 saturated carbocycles. The summed E-state index contributed by atoms with van der Waals surface area (Å²) >= 11 is 0. The van der Waals surface area contributed by atoms with E-state index >= 15 is 0 Å². The van der Waals surface area contributed by atoms with E-state index in [9.17, 15) is 0 Å². The van der Waals surface area contributed by atoms with Crippen molar-refractivity contribution in [1.82, 2.24) is 9.97 Å². The highest BCUT2D eigenvalue weighted by molar-refractivity contribution is 5.60. The third-order valence-corrected chi connectivity index (χ3v) is 2.30. The molecule has 88 valence electrons. The first kappa shape index (κ1) is 11.2. The second-order valence-electron chi connectivity index (χ2n) is 3.39. The van der Waals surface area contributed by atoms with Gasteiger partial charge in [-0.1, -0.05) is 12.1 Å². The molecule has 0 unspecified atom stereocenters. The van der Waals surface area contributed by atoms with Gasteiger partial charge in [0.15, 0.2) is 5.82 Å². The summed E-state index contributed by atoms with van der Waals surface area (Å²) in [5, 5.41) is 0. The van der Waals surface area contributed by atoms with Crippen molar-refractivity contribution in [3.63, 3.8) is 0 Å². The van der Waals surface area contributed by atoms with Crippen LogP contribution in [-0.2, 0) is 0 Å². The predicted octanol–water partition coefficient (Wildman–Crippen LogP) is 1.74. The van der Waals surface area contributed by atoms with Crippen molar-refractivity contribution < 1.29 is 9.47 Å². The number of aromatic nitrogens is 2. The molecule has 5 heteroatoms. The third-order valence-electron chi connectivity index (χ3n) is 2.30. The number of nitrogens with zero attached hydrogens (tertiary/aromatic N) is 2. The molecule has 5 nitrogen and oxygen atoms in total. The zero-order chi connectivity index (χ0) is 12.3. The molecule has 1 heterocycles. The number of anilines is 1. The molecule has 2 aromatic rings. The lowest BCUT2D eigenvalue weighted by Gasteiger charge is -2.06. The Kier molecular flexibility index (Phi) is 3.09. The molecule has 1 aromatic carbocycles. The van der Waals surface area contributed by atoms with Gasteiger partial charge >= 0.3 is 0 Å².